The molecule has 0 radical (unpaired) electrons. The predicted octanol–water partition coefficient (Wildman–Crippen LogP) is 3.73. The van der Waals surface area contributed by atoms with Crippen molar-refractivity contribution in [3.63, 3.8) is 0 Å². The zero-order chi connectivity index (χ0) is 13.8. The molecule has 0 amide bonds. The van der Waals surface area contributed by atoms with Crippen molar-refractivity contribution in [2.75, 3.05) is 0 Å². The Balaban J connectivity index is 2.52. The van der Waals surface area contributed by atoms with Crippen LogP contribution >= 0.6 is 0 Å². The van der Waals surface area contributed by atoms with Gasteiger partial charge in [0.15, 0.2) is 0 Å². The number of hydrogen-bond acceptors (Lipinski definition) is 1. The van der Waals surface area contributed by atoms with Gasteiger partial charge >= 0.3 is 5.97 Å². The summed E-state index contributed by atoms with van der Waals surface area (Å²) < 4.78 is 27.8. The van der Waals surface area contributed by atoms with E-state index in [0.29, 0.717) is 0 Å². The molecule has 19 heavy (non-hydrogen) atoms. The maximum atomic E-state index is 14.2. The lowest BCUT2D eigenvalue weighted by Gasteiger charge is -2.06. The summed E-state index contributed by atoms with van der Waals surface area (Å²) in [6.45, 7) is 0. The minimum atomic E-state index is -1.17. The van der Waals surface area contributed by atoms with Gasteiger partial charge in [-0.3, -0.25) is 0 Å². The van der Waals surface area contributed by atoms with Crippen molar-refractivity contribution in [2.45, 2.75) is 0 Å². The van der Waals surface area contributed by atoms with Crippen molar-refractivity contribution in [1.82, 2.24) is 0 Å². The fraction of sp³-hybridized carbons (Fsp3) is 0. The topological polar surface area (TPSA) is 37.3 Å². The highest BCUT2D eigenvalue weighted by molar-refractivity contribution is 5.85. The van der Waals surface area contributed by atoms with Crippen molar-refractivity contribution in [3.8, 4) is 11.1 Å². The van der Waals surface area contributed by atoms with E-state index in [1.54, 1.807) is 12.1 Å². The summed E-state index contributed by atoms with van der Waals surface area (Å²) in [5.74, 6) is -2.35. The molecule has 2 aromatic rings. The Labute approximate surface area is 108 Å². The van der Waals surface area contributed by atoms with Crippen LogP contribution in [0.15, 0.2) is 48.5 Å². The first kappa shape index (κ1) is 13.0. The molecule has 0 aliphatic rings. The molecule has 0 unspecified atom stereocenters. The third-order valence-corrected chi connectivity index (χ3v) is 2.60. The summed E-state index contributed by atoms with van der Waals surface area (Å²) >= 11 is 0. The lowest BCUT2D eigenvalue weighted by molar-refractivity contribution is -0.131. The summed E-state index contributed by atoms with van der Waals surface area (Å²) in [4.78, 5) is 10.4. The van der Waals surface area contributed by atoms with Crippen LogP contribution in [0.2, 0.25) is 0 Å². The molecule has 0 aliphatic carbocycles. The first-order chi connectivity index (χ1) is 9.09. The lowest BCUT2D eigenvalue weighted by atomic mass is 10.0. The molecule has 0 saturated carbocycles. The van der Waals surface area contributed by atoms with Gasteiger partial charge in [0, 0.05) is 22.8 Å². The largest absolute Gasteiger partial charge is 0.478 e. The van der Waals surface area contributed by atoms with Crippen molar-refractivity contribution in [3.05, 3.63) is 65.7 Å². The van der Waals surface area contributed by atoms with Gasteiger partial charge in [0.25, 0.3) is 0 Å². The molecule has 0 fully saturated rings. The molecule has 0 bridgehead atoms. The summed E-state index contributed by atoms with van der Waals surface area (Å²) in [5.41, 5.74) is 0.347. The second-order valence-electron chi connectivity index (χ2n) is 3.86. The van der Waals surface area contributed by atoms with Gasteiger partial charge in [-0.15, -0.1) is 0 Å². The normalized spacial score (nSPS) is 10.8. The summed E-state index contributed by atoms with van der Waals surface area (Å²) in [5, 5.41) is 8.53. The SMILES string of the molecule is O=C(O)/C=C/c1cccc(-c2ccccc2F)c1F. The molecule has 2 rings (SSSR count). The van der Waals surface area contributed by atoms with Crippen LogP contribution in [0.3, 0.4) is 0 Å². The number of hydrogen-bond donors (Lipinski definition) is 1. The van der Waals surface area contributed by atoms with Crippen molar-refractivity contribution >= 4 is 12.0 Å². The van der Waals surface area contributed by atoms with Gasteiger partial charge in [0.2, 0.25) is 0 Å². The minimum Gasteiger partial charge on any atom is -0.478 e. The molecular formula is C15H10F2O2. The van der Waals surface area contributed by atoms with E-state index in [2.05, 4.69) is 0 Å². The van der Waals surface area contributed by atoms with E-state index >= 15 is 0 Å². The molecule has 1 N–H and O–H groups in total. The Kier molecular flexibility index (Phi) is 3.71. The molecule has 0 spiro atoms. The van der Waals surface area contributed by atoms with E-state index in [0.717, 1.165) is 12.2 Å². The highest BCUT2D eigenvalue weighted by Gasteiger charge is 2.11. The second-order valence-corrected chi connectivity index (χ2v) is 3.86. The molecule has 2 aromatic carbocycles. The fourth-order valence-corrected chi connectivity index (χ4v) is 1.73. The van der Waals surface area contributed by atoms with Gasteiger partial charge < -0.3 is 5.11 Å². The van der Waals surface area contributed by atoms with E-state index in [9.17, 15) is 13.6 Å². The van der Waals surface area contributed by atoms with E-state index in [-0.39, 0.29) is 16.7 Å². The Morgan fingerprint density at radius 3 is 2.37 bits per heavy atom. The monoisotopic (exact) mass is 260 g/mol. The molecule has 2 nitrogen and oxygen atoms in total. The van der Waals surface area contributed by atoms with Gasteiger partial charge in [-0.05, 0) is 12.1 Å². The number of carboxylic acids is 1. The van der Waals surface area contributed by atoms with Gasteiger partial charge in [-0.2, -0.15) is 0 Å². The Morgan fingerprint density at radius 2 is 1.68 bits per heavy atom. The first-order valence-corrected chi connectivity index (χ1v) is 5.54. The van der Waals surface area contributed by atoms with Crippen molar-refractivity contribution < 1.29 is 18.7 Å². The third kappa shape index (κ3) is 2.85. The maximum Gasteiger partial charge on any atom is 0.328 e. The van der Waals surface area contributed by atoms with E-state index in [4.69, 9.17) is 5.11 Å². The molecule has 96 valence electrons. The average Bonchev–Trinajstić information content (AvgIpc) is 2.38. The van der Waals surface area contributed by atoms with Crippen molar-refractivity contribution in [1.29, 1.82) is 0 Å². The molecule has 4 heteroatoms. The molecular weight excluding hydrogens is 250 g/mol. The second kappa shape index (κ2) is 5.44. The number of carboxylic acid groups (broad SMARTS) is 1. The first-order valence-electron chi connectivity index (χ1n) is 5.54. The van der Waals surface area contributed by atoms with E-state index in [1.807, 2.05) is 0 Å². The number of halogens is 2. The van der Waals surface area contributed by atoms with Crippen LogP contribution in [0.5, 0.6) is 0 Å². The molecule has 0 aromatic heterocycles. The molecule has 0 atom stereocenters. The Bertz CT molecular complexity index is 648. The third-order valence-electron chi connectivity index (χ3n) is 2.60. The highest BCUT2D eigenvalue weighted by Crippen LogP contribution is 2.27. The molecule has 0 heterocycles. The van der Waals surface area contributed by atoms with Crippen LogP contribution in [-0.2, 0) is 4.79 Å². The Morgan fingerprint density at radius 1 is 1.00 bits per heavy atom. The van der Waals surface area contributed by atoms with Crippen LogP contribution in [0.1, 0.15) is 5.56 Å². The minimum absolute atomic E-state index is 0.100. The standard InChI is InChI=1S/C15H10F2O2/c16-13-7-2-1-5-11(13)12-6-3-4-10(15(12)17)8-9-14(18)19/h1-9H,(H,18,19)/b9-8+. The van der Waals surface area contributed by atoms with E-state index in [1.165, 1.54) is 30.3 Å². The zero-order valence-corrected chi connectivity index (χ0v) is 9.81. The smallest absolute Gasteiger partial charge is 0.328 e. The summed E-state index contributed by atoms with van der Waals surface area (Å²) in [6.07, 6.45) is 1.98. The van der Waals surface area contributed by atoms with Crippen LogP contribution in [0, 0.1) is 11.6 Å². The van der Waals surface area contributed by atoms with Crippen LogP contribution in [0.25, 0.3) is 17.2 Å². The average molecular weight is 260 g/mol. The van der Waals surface area contributed by atoms with Crippen molar-refractivity contribution in [2.24, 2.45) is 0 Å². The van der Waals surface area contributed by atoms with E-state index < -0.39 is 17.6 Å². The van der Waals surface area contributed by atoms with Crippen LogP contribution < -0.4 is 0 Å². The van der Waals surface area contributed by atoms with Crippen LogP contribution in [-0.4, -0.2) is 11.1 Å². The number of benzene rings is 2. The maximum absolute atomic E-state index is 14.2. The lowest BCUT2D eigenvalue weighted by Crippen LogP contribution is -1.92. The molecule has 0 saturated heterocycles. The zero-order valence-electron chi connectivity index (χ0n) is 9.81. The Hall–Kier alpha value is -2.49. The van der Waals surface area contributed by atoms with Gasteiger partial charge in [-0.1, -0.05) is 36.4 Å². The fourth-order valence-electron chi connectivity index (χ4n) is 1.73. The predicted molar refractivity (Wildman–Crippen MR) is 68.5 cm³/mol. The summed E-state index contributed by atoms with van der Waals surface area (Å²) in [6, 6.07) is 10.3. The number of aliphatic carboxylic acids is 1. The molecule has 0 aliphatic heterocycles. The van der Waals surface area contributed by atoms with Gasteiger partial charge in [-0.25, -0.2) is 13.6 Å². The number of rotatable bonds is 3. The summed E-state index contributed by atoms with van der Waals surface area (Å²) in [7, 11) is 0. The number of carbonyl (C=O) groups is 1. The van der Waals surface area contributed by atoms with Crippen LogP contribution in [0.4, 0.5) is 8.78 Å². The van der Waals surface area contributed by atoms with Gasteiger partial charge in [0.05, 0.1) is 0 Å². The van der Waals surface area contributed by atoms with Gasteiger partial charge in [0.1, 0.15) is 11.6 Å². The quantitative estimate of drug-likeness (QED) is 0.854. The highest BCUT2D eigenvalue weighted by atomic mass is 19.1.